The number of anilines is 1. The normalized spacial score (nSPS) is 19.5. The van der Waals surface area contributed by atoms with E-state index in [2.05, 4.69) is 15.9 Å². The summed E-state index contributed by atoms with van der Waals surface area (Å²) in [5.74, 6) is 0.225. The van der Waals surface area contributed by atoms with Crippen molar-refractivity contribution in [3.63, 3.8) is 0 Å². The maximum Gasteiger partial charge on any atom is 0.237 e. The summed E-state index contributed by atoms with van der Waals surface area (Å²) >= 11 is 3.39. The van der Waals surface area contributed by atoms with Gasteiger partial charge in [0, 0.05) is 28.1 Å². The van der Waals surface area contributed by atoms with Crippen molar-refractivity contribution in [2.45, 2.75) is 18.6 Å². The Bertz CT molecular complexity index is 662. The van der Waals surface area contributed by atoms with Crippen molar-refractivity contribution in [2.24, 2.45) is 0 Å². The van der Waals surface area contributed by atoms with Crippen molar-refractivity contribution in [1.29, 1.82) is 0 Å². The Morgan fingerprint density at radius 2 is 2.10 bits per heavy atom. The van der Waals surface area contributed by atoms with E-state index in [9.17, 15) is 13.2 Å². The molecule has 1 heterocycles. The Morgan fingerprint density at radius 1 is 1.45 bits per heavy atom. The molecule has 0 aromatic heterocycles. The van der Waals surface area contributed by atoms with E-state index in [0.717, 1.165) is 10.0 Å². The summed E-state index contributed by atoms with van der Waals surface area (Å²) in [6.07, 6.45) is -0.107. The van der Waals surface area contributed by atoms with Crippen LogP contribution in [-0.4, -0.2) is 33.2 Å². The molecule has 110 valence electrons. The van der Waals surface area contributed by atoms with Gasteiger partial charge in [-0.05, 0) is 24.6 Å². The third-order valence-electron chi connectivity index (χ3n) is 3.24. The van der Waals surface area contributed by atoms with E-state index >= 15 is 0 Å². The zero-order valence-corrected chi connectivity index (χ0v) is 14.0. The van der Waals surface area contributed by atoms with Gasteiger partial charge >= 0.3 is 0 Å². The molecule has 0 spiro atoms. The molecule has 0 radical (unpaired) electrons. The van der Waals surface area contributed by atoms with Crippen LogP contribution in [0.15, 0.2) is 16.6 Å². The molecule has 0 N–H and O–H groups in total. The van der Waals surface area contributed by atoms with E-state index in [1.165, 1.54) is 12.0 Å². The number of methoxy groups -OCH3 is 1. The Kier molecular flexibility index (Phi) is 4.32. The van der Waals surface area contributed by atoms with Crippen molar-refractivity contribution in [3.8, 4) is 5.75 Å². The number of rotatable bonds is 3. The Morgan fingerprint density at radius 3 is 2.60 bits per heavy atom. The van der Waals surface area contributed by atoms with Crippen LogP contribution in [0.25, 0.3) is 0 Å². The van der Waals surface area contributed by atoms with Gasteiger partial charge in [0.2, 0.25) is 15.0 Å². The first-order valence-electron chi connectivity index (χ1n) is 5.82. The number of carbonyl (C=O) groups is 1. The maximum atomic E-state index is 12.0. The van der Waals surface area contributed by atoms with Crippen LogP contribution in [0.4, 0.5) is 5.69 Å². The van der Waals surface area contributed by atoms with Crippen LogP contribution >= 0.6 is 26.6 Å². The van der Waals surface area contributed by atoms with Gasteiger partial charge in [-0.15, -0.1) is 0 Å². The quantitative estimate of drug-likeness (QED) is 0.753. The molecule has 1 atom stereocenters. The predicted molar refractivity (Wildman–Crippen MR) is 81.0 cm³/mol. The van der Waals surface area contributed by atoms with E-state index < -0.39 is 14.3 Å². The highest BCUT2D eigenvalue weighted by Gasteiger charge is 2.39. The lowest BCUT2D eigenvalue weighted by Gasteiger charge is -2.20. The van der Waals surface area contributed by atoms with Crippen molar-refractivity contribution < 1.29 is 17.9 Å². The molecule has 2 rings (SSSR count). The third-order valence-corrected chi connectivity index (χ3v) is 5.96. The van der Waals surface area contributed by atoms with Gasteiger partial charge in [-0.3, -0.25) is 4.79 Å². The third kappa shape index (κ3) is 2.94. The van der Waals surface area contributed by atoms with Crippen molar-refractivity contribution in [2.75, 3.05) is 18.6 Å². The summed E-state index contributed by atoms with van der Waals surface area (Å²) in [4.78, 5) is 13.4. The van der Waals surface area contributed by atoms with E-state index in [0.29, 0.717) is 11.4 Å². The largest absolute Gasteiger partial charge is 0.495 e. The number of hydrogen-bond donors (Lipinski definition) is 0. The molecule has 1 aliphatic heterocycles. The predicted octanol–water partition coefficient (Wildman–Crippen LogP) is 2.44. The summed E-state index contributed by atoms with van der Waals surface area (Å²) in [5, 5.41) is -0.884. The van der Waals surface area contributed by atoms with Crippen LogP contribution < -0.4 is 9.64 Å². The number of aryl methyl sites for hydroxylation is 1. The van der Waals surface area contributed by atoms with Gasteiger partial charge in [0.05, 0.1) is 12.8 Å². The minimum absolute atomic E-state index is 0.0437. The summed E-state index contributed by atoms with van der Waals surface area (Å²) in [5.41, 5.74) is 1.48. The summed E-state index contributed by atoms with van der Waals surface area (Å²) in [6.45, 7) is 1.92. The van der Waals surface area contributed by atoms with Crippen molar-refractivity contribution >= 4 is 47.3 Å². The van der Waals surface area contributed by atoms with Gasteiger partial charge in [-0.2, -0.15) is 0 Å². The molecule has 8 heteroatoms. The summed E-state index contributed by atoms with van der Waals surface area (Å²) in [7, 11) is 3.08. The van der Waals surface area contributed by atoms with Crippen LogP contribution in [0.1, 0.15) is 12.0 Å². The highest BCUT2D eigenvalue weighted by atomic mass is 79.9. The van der Waals surface area contributed by atoms with Crippen LogP contribution in [0.5, 0.6) is 5.75 Å². The molecule has 1 aliphatic rings. The lowest BCUT2D eigenvalue weighted by atomic mass is 10.2. The standard InChI is InChI=1S/C12H13BrClNO4S/c1-7-3-10(11(19-2)5-9(7)13)15-6-8(4-12(15)16)20(14,17)18/h3,5,8H,4,6H2,1-2H3. The lowest BCUT2D eigenvalue weighted by molar-refractivity contribution is -0.117. The van der Waals surface area contributed by atoms with E-state index in [1.807, 2.05) is 6.92 Å². The number of carbonyl (C=O) groups excluding carboxylic acids is 1. The van der Waals surface area contributed by atoms with Gasteiger partial charge in [0.15, 0.2) is 0 Å². The first-order valence-corrected chi connectivity index (χ1v) is 8.98. The van der Waals surface area contributed by atoms with Crippen molar-refractivity contribution in [3.05, 3.63) is 22.2 Å². The molecule has 1 saturated heterocycles. The summed E-state index contributed by atoms with van der Waals surface area (Å²) < 4.78 is 28.9. The molecular formula is C12H13BrClNO4S. The van der Waals surface area contributed by atoms with E-state index in [4.69, 9.17) is 15.4 Å². The highest BCUT2D eigenvalue weighted by molar-refractivity contribution is 9.10. The van der Waals surface area contributed by atoms with Crippen molar-refractivity contribution in [1.82, 2.24) is 0 Å². The monoisotopic (exact) mass is 381 g/mol. The fraction of sp³-hybridized carbons (Fsp3) is 0.417. The fourth-order valence-electron chi connectivity index (χ4n) is 2.12. The zero-order chi connectivity index (χ0) is 15.1. The minimum Gasteiger partial charge on any atom is -0.495 e. The van der Waals surface area contributed by atoms with Crippen LogP contribution in [0, 0.1) is 6.92 Å². The maximum absolute atomic E-state index is 12.0. The average Bonchev–Trinajstić information content (AvgIpc) is 2.74. The van der Waals surface area contributed by atoms with Crippen LogP contribution in [0.2, 0.25) is 0 Å². The molecule has 0 bridgehead atoms. The first-order chi connectivity index (χ1) is 9.24. The molecule has 1 fully saturated rings. The number of halogens is 2. The molecule has 1 amide bonds. The summed E-state index contributed by atoms with van der Waals surface area (Å²) in [6, 6.07) is 3.53. The number of amides is 1. The second-order valence-electron chi connectivity index (χ2n) is 4.58. The SMILES string of the molecule is COc1cc(Br)c(C)cc1N1CC(S(=O)(=O)Cl)CC1=O. The molecule has 0 aliphatic carbocycles. The Hall–Kier alpha value is -0.790. The molecule has 20 heavy (non-hydrogen) atoms. The molecular weight excluding hydrogens is 370 g/mol. The zero-order valence-electron chi connectivity index (χ0n) is 10.9. The average molecular weight is 383 g/mol. The fourth-order valence-corrected chi connectivity index (χ4v) is 3.47. The lowest BCUT2D eigenvalue weighted by Crippen LogP contribution is -2.27. The highest BCUT2D eigenvalue weighted by Crippen LogP contribution is 2.37. The van der Waals surface area contributed by atoms with Gasteiger partial charge in [0.25, 0.3) is 0 Å². The van der Waals surface area contributed by atoms with Gasteiger partial charge in [0.1, 0.15) is 11.0 Å². The molecule has 1 aromatic carbocycles. The second kappa shape index (κ2) is 5.54. The van der Waals surface area contributed by atoms with E-state index in [1.54, 1.807) is 12.1 Å². The smallest absolute Gasteiger partial charge is 0.237 e. The molecule has 0 saturated carbocycles. The van der Waals surface area contributed by atoms with E-state index in [-0.39, 0.29) is 18.9 Å². The van der Waals surface area contributed by atoms with Gasteiger partial charge in [-0.1, -0.05) is 15.9 Å². The first kappa shape index (κ1) is 15.6. The minimum atomic E-state index is -3.75. The number of benzene rings is 1. The second-order valence-corrected chi connectivity index (χ2v) is 8.34. The number of ether oxygens (including phenoxy) is 1. The Balaban J connectivity index is 2.42. The number of hydrogen-bond acceptors (Lipinski definition) is 4. The Labute approximate surface area is 130 Å². The molecule has 1 aromatic rings. The topological polar surface area (TPSA) is 63.7 Å². The van der Waals surface area contributed by atoms with Crippen LogP contribution in [0.3, 0.4) is 0 Å². The van der Waals surface area contributed by atoms with Crippen LogP contribution in [-0.2, 0) is 13.8 Å². The van der Waals surface area contributed by atoms with Gasteiger partial charge in [-0.25, -0.2) is 8.42 Å². The number of nitrogens with zero attached hydrogens (tertiary/aromatic N) is 1. The molecule has 1 unspecified atom stereocenters. The molecule has 5 nitrogen and oxygen atoms in total. The van der Waals surface area contributed by atoms with Gasteiger partial charge < -0.3 is 9.64 Å².